The van der Waals surface area contributed by atoms with Gasteiger partial charge >= 0.3 is 0 Å². The highest BCUT2D eigenvalue weighted by Gasteiger charge is 2.11. The van der Waals surface area contributed by atoms with E-state index in [0.29, 0.717) is 39.1 Å². The van der Waals surface area contributed by atoms with Gasteiger partial charge in [0.15, 0.2) is 0 Å². The van der Waals surface area contributed by atoms with E-state index in [1.165, 1.54) is 0 Å². The first-order valence-electron chi connectivity index (χ1n) is 11.1. The van der Waals surface area contributed by atoms with Crippen LogP contribution in [0.15, 0.2) is 91.0 Å². The Morgan fingerprint density at radius 1 is 0.778 bits per heavy atom. The Bertz CT molecular complexity index is 1540. The number of aromatic amines is 1. The Morgan fingerprint density at radius 3 is 2.00 bits per heavy atom. The van der Waals surface area contributed by atoms with E-state index in [1.54, 1.807) is 55.6 Å². The first kappa shape index (κ1) is 23.1. The second-order valence-corrected chi connectivity index (χ2v) is 8.47. The molecule has 36 heavy (non-hydrogen) atoms. The van der Waals surface area contributed by atoms with Crippen LogP contribution in [-0.4, -0.2) is 28.9 Å². The second-order valence-electron chi connectivity index (χ2n) is 8.04. The van der Waals surface area contributed by atoms with Crippen LogP contribution in [0.4, 0.5) is 11.4 Å². The molecule has 5 aromatic rings. The fourth-order valence-electron chi connectivity index (χ4n) is 3.69. The van der Waals surface area contributed by atoms with Crippen molar-refractivity contribution in [3.63, 3.8) is 0 Å². The van der Waals surface area contributed by atoms with Crippen LogP contribution in [-0.2, 0) is 0 Å². The molecule has 0 radical (unpaired) electrons. The van der Waals surface area contributed by atoms with Crippen molar-refractivity contribution in [2.45, 2.75) is 0 Å². The zero-order chi connectivity index (χ0) is 25.1. The lowest BCUT2D eigenvalue weighted by atomic mass is 10.1. The number of ether oxygens (including phenoxy) is 1. The molecule has 0 spiro atoms. The monoisotopic (exact) mass is 496 g/mol. The van der Waals surface area contributed by atoms with E-state index in [2.05, 4.69) is 20.6 Å². The Morgan fingerprint density at radius 2 is 1.36 bits per heavy atom. The van der Waals surface area contributed by atoms with Gasteiger partial charge in [-0.3, -0.25) is 9.59 Å². The van der Waals surface area contributed by atoms with Crippen LogP contribution < -0.4 is 15.4 Å². The molecule has 0 aliphatic carbocycles. The molecule has 0 atom stereocenters. The number of aromatic nitrogens is 2. The number of methoxy groups -OCH3 is 1. The average molecular weight is 497 g/mol. The highest BCUT2D eigenvalue weighted by molar-refractivity contribution is 6.30. The topological polar surface area (TPSA) is 96.1 Å². The molecule has 0 aliphatic heterocycles. The molecular formula is C28H21ClN4O3. The fraction of sp³-hybridized carbons (Fsp3) is 0.0357. The molecule has 0 fully saturated rings. The maximum absolute atomic E-state index is 12.6. The van der Waals surface area contributed by atoms with Gasteiger partial charge in [-0.2, -0.15) is 0 Å². The molecule has 0 saturated heterocycles. The molecule has 178 valence electrons. The van der Waals surface area contributed by atoms with Crippen molar-refractivity contribution in [3.05, 3.63) is 107 Å². The van der Waals surface area contributed by atoms with E-state index in [4.69, 9.17) is 16.3 Å². The minimum atomic E-state index is -0.215. The van der Waals surface area contributed by atoms with E-state index in [1.807, 2.05) is 42.5 Å². The molecule has 5 rings (SSSR count). The van der Waals surface area contributed by atoms with Crippen molar-refractivity contribution in [2.24, 2.45) is 0 Å². The number of nitrogens with one attached hydrogen (secondary N) is 3. The summed E-state index contributed by atoms with van der Waals surface area (Å²) in [4.78, 5) is 32.9. The number of H-pyrrole nitrogens is 1. The van der Waals surface area contributed by atoms with Gasteiger partial charge in [-0.1, -0.05) is 11.6 Å². The summed E-state index contributed by atoms with van der Waals surface area (Å²) in [6.07, 6.45) is 0. The maximum atomic E-state index is 12.6. The van der Waals surface area contributed by atoms with Gasteiger partial charge in [0.2, 0.25) is 0 Å². The molecule has 0 bridgehead atoms. The van der Waals surface area contributed by atoms with Crippen LogP contribution in [0.2, 0.25) is 5.02 Å². The molecular weight excluding hydrogens is 476 g/mol. The quantitative estimate of drug-likeness (QED) is 0.253. The minimum absolute atomic E-state index is 0.215. The summed E-state index contributed by atoms with van der Waals surface area (Å²) in [6.45, 7) is 0. The van der Waals surface area contributed by atoms with E-state index >= 15 is 0 Å². The van der Waals surface area contributed by atoms with Gasteiger partial charge in [-0.25, -0.2) is 4.98 Å². The van der Waals surface area contributed by atoms with Crippen molar-refractivity contribution in [1.82, 2.24) is 9.97 Å². The lowest BCUT2D eigenvalue weighted by Crippen LogP contribution is -2.11. The summed E-state index contributed by atoms with van der Waals surface area (Å²) in [5, 5.41) is 6.35. The number of carbonyl (C=O) groups excluding carboxylic acids is 2. The van der Waals surface area contributed by atoms with Crippen molar-refractivity contribution in [1.29, 1.82) is 0 Å². The highest BCUT2D eigenvalue weighted by Crippen LogP contribution is 2.25. The number of nitrogens with zero attached hydrogens (tertiary/aromatic N) is 1. The molecule has 7 nitrogen and oxygen atoms in total. The molecule has 8 heteroatoms. The lowest BCUT2D eigenvalue weighted by Gasteiger charge is -2.06. The fourth-order valence-corrected chi connectivity index (χ4v) is 3.81. The van der Waals surface area contributed by atoms with Crippen LogP contribution in [0.1, 0.15) is 20.7 Å². The van der Waals surface area contributed by atoms with Crippen molar-refractivity contribution < 1.29 is 14.3 Å². The summed E-state index contributed by atoms with van der Waals surface area (Å²) < 4.78 is 5.13. The Labute approximate surface area is 212 Å². The van der Waals surface area contributed by atoms with Crippen molar-refractivity contribution >= 4 is 45.8 Å². The van der Waals surface area contributed by atoms with Crippen LogP contribution in [0.5, 0.6) is 5.75 Å². The second kappa shape index (κ2) is 9.93. The van der Waals surface area contributed by atoms with Crippen molar-refractivity contribution in [2.75, 3.05) is 17.7 Å². The molecule has 1 heterocycles. The number of fused-ring (bicyclic) bond motifs is 1. The third kappa shape index (κ3) is 5.06. The average Bonchev–Trinajstić information content (AvgIpc) is 3.33. The third-order valence-electron chi connectivity index (χ3n) is 5.61. The zero-order valence-corrected chi connectivity index (χ0v) is 20.0. The number of anilines is 2. The van der Waals surface area contributed by atoms with E-state index in [-0.39, 0.29) is 11.8 Å². The standard InChI is InChI=1S/C28H21ClN4O3/c1-36-23-13-6-19(7-14-23)28(35)31-22-12-15-24-25(16-22)33-26(32-24)17-4-10-21(11-5-17)30-27(34)18-2-8-20(29)9-3-18/h2-16H,1H3,(H,30,34)(H,31,35)(H,32,33). The van der Waals surface area contributed by atoms with E-state index < -0.39 is 0 Å². The number of imidazole rings is 1. The normalized spacial score (nSPS) is 10.7. The van der Waals surface area contributed by atoms with Gasteiger partial charge in [-0.05, 0) is 91.0 Å². The van der Waals surface area contributed by atoms with E-state index in [0.717, 1.165) is 16.6 Å². The van der Waals surface area contributed by atoms with Crippen molar-refractivity contribution in [3.8, 4) is 17.1 Å². The van der Waals surface area contributed by atoms with E-state index in [9.17, 15) is 9.59 Å². The predicted molar refractivity (Wildman–Crippen MR) is 142 cm³/mol. The summed E-state index contributed by atoms with van der Waals surface area (Å²) in [7, 11) is 1.58. The number of hydrogen-bond donors (Lipinski definition) is 3. The SMILES string of the molecule is COc1ccc(C(=O)Nc2ccc3nc(-c4ccc(NC(=O)c5ccc(Cl)cc5)cc4)[nH]c3c2)cc1. The van der Waals surface area contributed by atoms with Gasteiger partial charge < -0.3 is 20.4 Å². The van der Waals surface area contributed by atoms with Gasteiger partial charge in [0, 0.05) is 33.1 Å². The molecule has 3 N–H and O–H groups in total. The molecule has 0 saturated carbocycles. The van der Waals surface area contributed by atoms with Gasteiger partial charge in [-0.15, -0.1) is 0 Å². The zero-order valence-electron chi connectivity index (χ0n) is 19.2. The number of rotatable bonds is 6. The Balaban J connectivity index is 1.28. The maximum Gasteiger partial charge on any atom is 0.255 e. The predicted octanol–water partition coefficient (Wildman–Crippen LogP) is 6.40. The first-order chi connectivity index (χ1) is 17.5. The van der Waals surface area contributed by atoms with Crippen LogP contribution >= 0.6 is 11.6 Å². The lowest BCUT2D eigenvalue weighted by molar-refractivity contribution is 0.101. The number of amides is 2. The summed E-state index contributed by atoms with van der Waals surface area (Å²) in [5.41, 5.74) is 4.79. The summed E-state index contributed by atoms with van der Waals surface area (Å²) in [6, 6.07) is 26.5. The van der Waals surface area contributed by atoms with Crippen LogP contribution in [0.25, 0.3) is 22.4 Å². The third-order valence-corrected chi connectivity index (χ3v) is 5.87. The Kier molecular flexibility index (Phi) is 6.38. The molecule has 4 aromatic carbocycles. The number of benzene rings is 4. The molecule has 0 unspecified atom stereocenters. The summed E-state index contributed by atoms with van der Waals surface area (Å²) in [5.74, 6) is 0.939. The highest BCUT2D eigenvalue weighted by atomic mass is 35.5. The smallest absolute Gasteiger partial charge is 0.255 e. The van der Waals surface area contributed by atoms with Gasteiger partial charge in [0.25, 0.3) is 11.8 Å². The van der Waals surface area contributed by atoms with Crippen LogP contribution in [0.3, 0.4) is 0 Å². The van der Waals surface area contributed by atoms with Gasteiger partial charge in [0.05, 0.1) is 18.1 Å². The Hall–Kier alpha value is -4.62. The number of halogens is 1. The molecule has 1 aromatic heterocycles. The minimum Gasteiger partial charge on any atom is -0.497 e. The summed E-state index contributed by atoms with van der Waals surface area (Å²) >= 11 is 5.88. The number of hydrogen-bond acceptors (Lipinski definition) is 4. The van der Waals surface area contributed by atoms with Crippen LogP contribution in [0, 0.1) is 0 Å². The molecule has 0 aliphatic rings. The van der Waals surface area contributed by atoms with Gasteiger partial charge in [0.1, 0.15) is 11.6 Å². The molecule has 2 amide bonds. The first-order valence-corrected chi connectivity index (χ1v) is 11.5. The largest absolute Gasteiger partial charge is 0.497 e. The number of carbonyl (C=O) groups is 2.